The Morgan fingerprint density at radius 2 is 2.12 bits per heavy atom. The zero-order valence-electron chi connectivity index (χ0n) is 11.4. The molecule has 100 valence electrons. The van der Waals surface area contributed by atoms with Crippen molar-refractivity contribution in [1.29, 1.82) is 0 Å². The lowest BCUT2D eigenvalue weighted by molar-refractivity contribution is -0.125. The van der Waals surface area contributed by atoms with Gasteiger partial charge in [-0.15, -0.1) is 0 Å². The fraction of sp³-hybridized carbons (Fsp3) is 0.929. The molecule has 0 aliphatic heterocycles. The summed E-state index contributed by atoms with van der Waals surface area (Å²) in [5, 5.41) is 3.12. The van der Waals surface area contributed by atoms with Gasteiger partial charge in [-0.2, -0.15) is 0 Å². The summed E-state index contributed by atoms with van der Waals surface area (Å²) in [6, 6.07) is 0.557. The van der Waals surface area contributed by atoms with E-state index in [1.807, 2.05) is 0 Å². The van der Waals surface area contributed by atoms with Gasteiger partial charge in [0.1, 0.15) is 0 Å². The second-order valence-corrected chi connectivity index (χ2v) is 5.53. The SMILES string of the molecule is CCCCCCC(C)NC(=O)C1CCC(N)C1. The van der Waals surface area contributed by atoms with Crippen LogP contribution < -0.4 is 11.1 Å². The molecule has 1 saturated carbocycles. The predicted octanol–water partition coefficient (Wildman–Crippen LogP) is 2.59. The fourth-order valence-electron chi connectivity index (χ4n) is 2.56. The number of rotatable bonds is 7. The lowest BCUT2D eigenvalue weighted by Gasteiger charge is -2.17. The molecule has 0 saturated heterocycles. The van der Waals surface area contributed by atoms with Gasteiger partial charge in [-0.1, -0.05) is 32.6 Å². The lowest BCUT2D eigenvalue weighted by atomic mass is 10.0. The molecule has 3 atom stereocenters. The van der Waals surface area contributed by atoms with Crippen LogP contribution in [0, 0.1) is 5.92 Å². The van der Waals surface area contributed by atoms with E-state index in [-0.39, 0.29) is 17.9 Å². The minimum atomic E-state index is 0.170. The number of nitrogens with two attached hydrogens (primary N) is 1. The highest BCUT2D eigenvalue weighted by Gasteiger charge is 2.28. The highest BCUT2D eigenvalue weighted by molar-refractivity contribution is 5.79. The number of amides is 1. The van der Waals surface area contributed by atoms with E-state index >= 15 is 0 Å². The van der Waals surface area contributed by atoms with Crippen LogP contribution in [0.15, 0.2) is 0 Å². The summed E-state index contributed by atoms with van der Waals surface area (Å²) in [6.07, 6.45) is 9.01. The molecule has 0 spiro atoms. The van der Waals surface area contributed by atoms with E-state index in [1.54, 1.807) is 0 Å². The third-order valence-corrected chi connectivity index (χ3v) is 3.72. The first-order valence-electron chi connectivity index (χ1n) is 7.19. The zero-order valence-corrected chi connectivity index (χ0v) is 11.4. The second kappa shape index (κ2) is 7.70. The number of hydrogen-bond acceptors (Lipinski definition) is 2. The Balaban J connectivity index is 2.12. The molecule has 0 aromatic rings. The van der Waals surface area contributed by atoms with E-state index in [4.69, 9.17) is 5.73 Å². The van der Waals surface area contributed by atoms with E-state index in [0.717, 1.165) is 25.7 Å². The van der Waals surface area contributed by atoms with Crippen LogP contribution in [0.25, 0.3) is 0 Å². The van der Waals surface area contributed by atoms with Crippen LogP contribution in [-0.4, -0.2) is 18.0 Å². The Bertz CT molecular complexity index is 230. The van der Waals surface area contributed by atoms with E-state index in [2.05, 4.69) is 19.2 Å². The van der Waals surface area contributed by atoms with Gasteiger partial charge in [0, 0.05) is 18.0 Å². The average Bonchev–Trinajstić information content (AvgIpc) is 2.71. The number of unbranched alkanes of at least 4 members (excludes halogenated alkanes) is 3. The number of nitrogens with one attached hydrogen (secondary N) is 1. The van der Waals surface area contributed by atoms with E-state index < -0.39 is 0 Å². The van der Waals surface area contributed by atoms with E-state index in [0.29, 0.717) is 6.04 Å². The van der Waals surface area contributed by atoms with Gasteiger partial charge in [-0.3, -0.25) is 4.79 Å². The molecule has 3 N–H and O–H groups in total. The maximum absolute atomic E-state index is 11.9. The van der Waals surface area contributed by atoms with Crippen molar-refractivity contribution in [3.63, 3.8) is 0 Å². The first kappa shape index (κ1) is 14.5. The third kappa shape index (κ3) is 5.53. The Morgan fingerprint density at radius 1 is 1.35 bits per heavy atom. The van der Waals surface area contributed by atoms with Crippen LogP contribution in [0.3, 0.4) is 0 Å². The smallest absolute Gasteiger partial charge is 0.223 e. The minimum Gasteiger partial charge on any atom is -0.353 e. The predicted molar refractivity (Wildman–Crippen MR) is 71.7 cm³/mol. The summed E-state index contributed by atoms with van der Waals surface area (Å²) >= 11 is 0. The first-order chi connectivity index (χ1) is 8.13. The van der Waals surface area contributed by atoms with Gasteiger partial charge in [-0.25, -0.2) is 0 Å². The molecule has 1 rings (SSSR count). The van der Waals surface area contributed by atoms with Crippen molar-refractivity contribution in [2.24, 2.45) is 11.7 Å². The Labute approximate surface area is 106 Å². The molecule has 3 heteroatoms. The van der Waals surface area contributed by atoms with Gasteiger partial charge in [0.05, 0.1) is 0 Å². The van der Waals surface area contributed by atoms with Gasteiger partial charge in [0.15, 0.2) is 0 Å². The van der Waals surface area contributed by atoms with Crippen molar-refractivity contribution in [3.05, 3.63) is 0 Å². The highest BCUT2D eigenvalue weighted by Crippen LogP contribution is 2.24. The molecular weight excluding hydrogens is 212 g/mol. The van der Waals surface area contributed by atoms with E-state index in [1.165, 1.54) is 25.7 Å². The number of carbonyl (C=O) groups is 1. The second-order valence-electron chi connectivity index (χ2n) is 5.53. The summed E-state index contributed by atoms with van der Waals surface area (Å²) in [5.41, 5.74) is 5.83. The van der Waals surface area contributed by atoms with E-state index in [9.17, 15) is 4.79 Å². The van der Waals surface area contributed by atoms with Gasteiger partial charge < -0.3 is 11.1 Å². The summed E-state index contributed by atoms with van der Waals surface area (Å²) in [6.45, 7) is 4.33. The zero-order chi connectivity index (χ0) is 12.7. The van der Waals surface area contributed by atoms with Crippen LogP contribution in [0.2, 0.25) is 0 Å². The molecule has 0 heterocycles. The maximum Gasteiger partial charge on any atom is 0.223 e. The topological polar surface area (TPSA) is 55.1 Å². The van der Waals surface area contributed by atoms with Crippen molar-refractivity contribution < 1.29 is 4.79 Å². The molecule has 3 nitrogen and oxygen atoms in total. The summed E-state index contributed by atoms with van der Waals surface area (Å²) in [7, 11) is 0. The summed E-state index contributed by atoms with van der Waals surface area (Å²) < 4.78 is 0. The standard InChI is InChI=1S/C14H28N2O/c1-3-4-5-6-7-11(2)16-14(17)12-8-9-13(15)10-12/h11-13H,3-10,15H2,1-2H3,(H,16,17). The Morgan fingerprint density at radius 3 is 2.71 bits per heavy atom. The highest BCUT2D eigenvalue weighted by atomic mass is 16.1. The van der Waals surface area contributed by atoms with Crippen molar-refractivity contribution in [2.75, 3.05) is 0 Å². The molecule has 0 bridgehead atoms. The number of carbonyl (C=O) groups excluding carboxylic acids is 1. The molecule has 1 fully saturated rings. The molecule has 1 aliphatic carbocycles. The third-order valence-electron chi connectivity index (χ3n) is 3.72. The normalized spacial score (nSPS) is 25.8. The van der Waals surface area contributed by atoms with Crippen LogP contribution in [0.5, 0.6) is 0 Å². The monoisotopic (exact) mass is 240 g/mol. The van der Waals surface area contributed by atoms with Crippen LogP contribution in [0.4, 0.5) is 0 Å². The molecular formula is C14H28N2O. The quantitative estimate of drug-likeness (QED) is 0.672. The van der Waals surface area contributed by atoms with Crippen molar-refractivity contribution in [1.82, 2.24) is 5.32 Å². The fourth-order valence-corrected chi connectivity index (χ4v) is 2.56. The maximum atomic E-state index is 11.9. The molecule has 0 aromatic carbocycles. The van der Waals surface area contributed by atoms with Crippen molar-refractivity contribution >= 4 is 5.91 Å². The summed E-state index contributed by atoms with van der Waals surface area (Å²) in [4.78, 5) is 11.9. The van der Waals surface area contributed by atoms with Gasteiger partial charge in [-0.05, 0) is 32.6 Å². The van der Waals surface area contributed by atoms with Crippen molar-refractivity contribution in [3.8, 4) is 0 Å². The summed E-state index contributed by atoms with van der Waals surface area (Å²) in [5.74, 6) is 0.393. The number of hydrogen-bond donors (Lipinski definition) is 2. The molecule has 0 aromatic heterocycles. The van der Waals surface area contributed by atoms with Crippen LogP contribution >= 0.6 is 0 Å². The average molecular weight is 240 g/mol. The van der Waals surface area contributed by atoms with Crippen molar-refractivity contribution in [2.45, 2.75) is 77.3 Å². The molecule has 17 heavy (non-hydrogen) atoms. The minimum absolute atomic E-state index is 0.170. The molecule has 0 radical (unpaired) electrons. The molecule has 3 unspecified atom stereocenters. The Hall–Kier alpha value is -0.570. The van der Waals surface area contributed by atoms with Crippen LogP contribution in [-0.2, 0) is 4.79 Å². The van der Waals surface area contributed by atoms with Gasteiger partial charge in [0.25, 0.3) is 0 Å². The Kier molecular flexibility index (Phi) is 6.56. The molecule has 1 aliphatic rings. The van der Waals surface area contributed by atoms with Crippen LogP contribution in [0.1, 0.15) is 65.2 Å². The largest absolute Gasteiger partial charge is 0.353 e. The van der Waals surface area contributed by atoms with Gasteiger partial charge in [0.2, 0.25) is 5.91 Å². The molecule has 1 amide bonds. The lowest BCUT2D eigenvalue weighted by Crippen LogP contribution is -2.36. The first-order valence-corrected chi connectivity index (χ1v) is 7.19. The van der Waals surface area contributed by atoms with Gasteiger partial charge >= 0.3 is 0 Å².